The zero-order valence-corrected chi connectivity index (χ0v) is 13.1. The quantitative estimate of drug-likeness (QED) is 0.901. The molecule has 1 aliphatic heterocycles. The first-order chi connectivity index (χ1) is 8.72. The molecule has 0 unspecified atom stereocenters. The van der Waals surface area contributed by atoms with Crippen molar-refractivity contribution >= 4 is 27.5 Å². The molecule has 0 bridgehead atoms. The molecule has 1 aromatic carbocycles. The summed E-state index contributed by atoms with van der Waals surface area (Å²) in [5.41, 5.74) is 1.36. The first-order valence-electron chi connectivity index (χ1n) is 6.62. The van der Waals surface area contributed by atoms with E-state index in [0.717, 1.165) is 35.7 Å². The molecule has 0 amide bonds. The van der Waals surface area contributed by atoms with Crippen molar-refractivity contribution in [2.45, 2.75) is 25.8 Å². The van der Waals surface area contributed by atoms with Gasteiger partial charge in [-0.25, -0.2) is 0 Å². The predicted octanol–water partition coefficient (Wildman–Crippen LogP) is 3.85. The number of hydrogen-bond donors (Lipinski definition) is 1. The lowest BCUT2D eigenvalue weighted by Crippen LogP contribution is -2.45. The molecule has 1 aromatic rings. The second-order valence-corrected chi connectivity index (χ2v) is 6.05. The molecule has 1 N–H and O–H groups in total. The van der Waals surface area contributed by atoms with Gasteiger partial charge < -0.3 is 5.32 Å². The molecule has 0 spiro atoms. The molecule has 2 nitrogen and oxygen atoms in total. The maximum atomic E-state index is 6.03. The van der Waals surface area contributed by atoms with Gasteiger partial charge in [0.25, 0.3) is 0 Å². The molecule has 1 fully saturated rings. The third-order valence-corrected chi connectivity index (χ3v) is 4.40. The molecular weight excluding hydrogens is 312 g/mol. The van der Waals surface area contributed by atoms with Crippen molar-refractivity contribution in [1.82, 2.24) is 10.2 Å². The van der Waals surface area contributed by atoms with Crippen LogP contribution in [-0.2, 0) is 0 Å². The molecule has 1 heterocycles. The Morgan fingerprint density at radius 1 is 1.39 bits per heavy atom. The highest BCUT2D eigenvalue weighted by Crippen LogP contribution is 2.33. The average molecular weight is 332 g/mol. The van der Waals surface area contributed by atoms with Gasteiger partial charge in [0.1, 0.15) is 0 Å². The Morgan fingerprint density at radius 3 is 2.72 bits per heavy atom. The van der Waals surface area contributed by atoms with Crippen molar-refractivity contribution in [2.24, 2.45) is 0 Å². The first-order valence-corrected chi connectivity index (χ1v) is 7.79. The Kier molecular flexibility index (Phi) is 5.49. The maximum absolute atomic E-state index is 6.03. The topological polar surface area (TPSA) is 15.3 Å². The van der Waals surface area contributed by atoms with Gasteiger partial charge in [-0.1, -0.05) is 46.9 Å². The summed E-state index contributed by atoms with van der Waals surface area (Å²) in [4.78, 5) is 2.58. The minimum Gasteiger partial charge on any atom is -0.314 e. The van der Waals surface area contributed by atoms with Crippen LogP contribution < -0.4 is 5.32 Å². The zero-order chi connectivity index (χ0) is 13.0. The Balaban J connectivity index is 2.22. The van der Waals surface area contributed by atoms with E-state index in [1.807, 2.05) is 12.1 Å². The van der Waals surface area contributed by atoms with E-state index in [0.29, 0.717) is 6.04 Å². The van der Waals surface area contributed by atoms with Crippen LogP contribution in [0.25, 0.3) is 0 Å². The molecule has 1 saturated heterocycles. The van der Waals surface area contributed by atoms with Gasteiger partial charge in [0, 0.05) is 41.7 Å². The van der Waals surface area contributed by atoms with E-state index in [4.69, 9.17) is 11.6 Å². The lowest BCUT2D eigenvalue weighted by Gasteiger charge is -2.35. The highest BCUT2D eigenvalue weighted by Gasteiger charge is 2.22. The van der Waals surface area contributed by atoms with Gasteiger partial charge in [-0.2, -0.15) is 0 Å². The third-order valence-electron chi connectivity index (χ3n) is 3.48. The SMILES string of the molecule is CCC[C@@H](c1ccc(Cl)cc1Br)N1CCNCC1. The van der Waals surface area contributed by atoms with Crippen molar-refractivity contribution in [3.63, 3.8) is 0 Å². The zero-order valence-electron chi connectivity index (χ0n) is 10.8. The summed E-state index contributed by atoms with van der Waals surface area (Å²) < 4.78 is 1.13. The van der Waals surface area contributed by atoms with E-state index in [1.165, 1.54) is 18.4 Å². The van der Waals surface area contributed by atoms with Gasteiger partial charge in [-0.05, 0) is 24.1 Å². The predicted molar refractivity (Wildman–Crippen MR) is 81.2 cm³/mol. The Bertz CT molecular complexity index is 391. The van der Waals surface area contributed by atoms with Crippen LogP contribution in [0.15, 0.2) is 22.7 Å². The number of nitrogens with zero attached hydrogens (tertiary/aromatic N) is 1. The largest absolute Gasteiger partial charge is 0.314 e. The van der Waals surface area contributed by atoms with E-state index >= 15 is 0 Å². The van der Waals surface area contributed by atoms with Crippen LogP contribution in [0.4, 0.5) is 0 Å². The van der Waals surface area contributed by atoms with E-state index in [9.17, 15) is 0 Å². The molecule has 0 saturated carbocycles. The average Bonchev–Trinajstić information content (AvgIpc) is 2.38. The second-order valence-electron chi connectivity index (χ2n) is 4.76. The first kappa shape index (κ1) is 14.3. The molecule has 1 atom stereocenters. The van der Waals surface area contributed by atoms with Crippen molar-refractivity contribution in [3.8, 4) is 0 Å². The monoisotopic (exact) mass is 330 g/mol. The fourth-order valence-corrected chi connectivity index (χ4v) is 3.52. The number of halogens is 2. The standard InChI is InChI=1S/C14H20BrClN2/c1-2-3-14(18-8-6-17-7-9-18)12-5-4-11(16)10-13(12)15/h4-5,10,14,17H,2-3,6-9H2,1H3/t14-/m0/s1. The highest BCUT2D eigenvalue weighted by atomic mass is 79.9. The molecule has 0 aromatic heterocycles. The van der Waals surface area contributed by atoms with Gasteiger partial charge >= 0.3 is 0 Å². The fourth-order valence-electron chi connectivity index (χ4n) is 2.57. The smallest absolute Gasteiger partial charge is 0.0417 e. The summed E-state index contributed by atoms with van der Waals surface area (Å²) in [5, 5.41) is 4.21. The van der Waals surface area contributed by atoms with Crippen LogP contribution in [0.3, 0.4) is 0 Å². The fraction of sp³-hybridized carbons (Fsp3) is 0.571. The number of rotatable bonds is 4. The van der Waals surface area contributed by atoms with Gasteiger partial charge in [-0.15, -0.1) is 0 Å². The molecule has 100 valence electrons. The van der Waals surface area contributed by atoms with E-state index in [-0.39, 0.29) is 0 Å². The minimum atomic E-state index is 0.503. The summed E-state index contributed by atoms with van der Waals surface area (Å²) in [6, 6.07) is 6.66. The Morgan fingerprint density at radius 2 is 2.11 bits per heavy atom. The van der Waals surface area contributed by atoms with E-state index < -0.39 is 0 Å². The Labute approximate surface area is 123 Å². The highest BCUT2D eigenvalue weighted by molar-refractivity contribution is 9.10. The number of benzene rings is 1. The van der Waals surface area contributed by atoms with Crippen LogP contribution >= 0.6 is 27.5 Å². The molecule has 0 aliphatic carbocycles. The van der Waals surface area contributed by atoms with Crippen LogP contribution in [0.5, 0.6) is 0 Å². The molecule has 2 rings (SSSR count). The number of hydrogen-bond acceptors (Lipinski definition) is 2. The lowest BCUT2D eigenvalue weighted by molar-refractivity contribution is 0.164. The molecule has 18 heavy (non-hydrogen) atoms. The van der Waals surface area contributed by atoms with Crippen LogP contribution in [-0.4, -0.2) is 31.1 Å². The molecular formula is C14H20BrClN2. The van der Waals surface area contributed by atoms with Crippen molar-refractivity contribution in [3.05, 3.63) is 33.3 Å². The van der Waals surface area contributed by atoms with Crippen molar-refractivity contribution in [2.75, 3.05) is 26.2 Å². The van der Waals surface area contributed by atoms with Gasteiger partial charge in [0.05, 0.1) is 0 Å². The molecule has 1 aliphatic rings. The molecule has 0 radical (unpaired) electrons. The normalized spacial score (nSPS) is 18.8. The summed E-state index contributed by atoms with van der Waals surface area (Å²) in [6.07, 6.45) is 2.39. The van der Waals surface area contributed by atoms with E-state index in [1.54, 1.807) is 0 Å². The summed E-state index contributed by atoms with van der Waals surface area (Å²) in [6.45, 7) is 6.68. The van der Waals surface area contributed by atoms with Crippen LogP contribution in [0, 0.1) is 0 Å². The second kappa shape index (κ2) is 6.90. The van der Waals surface area contributed by atoms with E-state index in [2.05, 4.69) is 39.1 Å². The minimum absolute atomic E-state index is 0.503. The summed E-state index contributed by atoms with van der Waals surface area (Å²) in [7, 11) is 0. The van der Waals surface area contributed by atoms with Crippen molar-refractivity contribution in [1.29, 1.82) is 0 Å². The number of piperazine rings is 1. The molecule has 4 heteroatoms. The lowest BCUT2D eigenvalue weighted by atomic mass is 10.00. The van der Waals surface area contributed by atoms with Gasteiger partial charge in [0.2, 0.25) is 0 Å². The Hall–Kier alpha value is -0.0900. The van der Waals surface area contributed by atoms with Gasteiger partial charge in [0.15, 0.2) is 0 Å². The van der Waals surface area contributed by atoms with Crippen LogP contribution in [0.2, 0.25) is 5.02 Å². The van der Waals surface area contributed by atoms with Crippen LogP contribution in [0.1, 0.15) is 31.4 Å². The third kappa shape index (κ3) is 3.47. The van der Waals surface area contributed by atoms with Crippen molar-refractivity contribution < 1.29 is 0 Å². The summed E-state index contributed by atoms with van der Waals surface area (Å²) in [5.74, 6) is 0. The number of nitrogens with one attached hydrogen (secondary N) is 1. The summed E-state index contributed by atoms with van der Waals surface area (Å²) >= 11 is 9.69. The maximum Gasteiger partial charge on any atom is 0.0417 e. The van der Waals surface area contributed by atoms with Gasteiger partial charge in [-0.3, -0.25) is 4.90 Å².